The standard InChI is InChI=1S/C34H30N6O3S/c41-20-31-29-18-39(19-30(29)31)17-26-8-6-24(16-35-26)22-7-10-32-28(15-22)34(37-21-36-32)38-25-9-11-33-23(14-25)12-13-40(33)44(42,43)27-4-2-1-3-5-27/h1-16,21,29-31,41H,17-20H2,(H,36,37,38). The first kappa shape index (κ1) is 26.9. The number of rotatable bonds is 8. The Morgan fingerprint density at radius 2 is 1.68 bits per heavy atom. The Hall–Kier alpha value is -4.64. The van der Waals surface area contributed by atoms with E-state index in [4.69, 9.17) is 4.98 Å². The van der Waals surface area contributed by atoms with Gasteiger partial charge in [-0.2, -0.15) is 0 Å². The molecule has 1 aliphatic heterocycles. The van der Waals surface area contributed by atoms with Gasteiger partial charge in [0.1, 0.15) is 12.1 Å². The number of nitrogens with one attached hydrogen (secondary N) is 1. The number of anilines is 2. The molecule has 2 atom stereocenters. The van der Waals surface area contributed by atoms with Crippen LogP contribution in [0.15, 0.2) is 109 Å². The van der Waals surface area contributed by atoms with Crippen LogP contribution in [0.1, 0.15) is 5.69 Å². The fourth-order valence-corrected chi connectivity index (χ4v) is 8.01. The van der Waals surface area contributed by atoms with E-state index in [0.29, 0.717) is 35.7 Å². The van der Waals surface area contributed by atoms with Gasteiger partial charge in [0.25, 0.3) is 10.0 Å². The average Bonchev–Trinajstić information content (AvgIpc) is 3.33. The van der Waals surface area contributed by atoms with Crippen LogP contribution in [0.4, 0.5) is 11.5 Å². The molecule has 2 N–H and O–H groups in total. The van der Waals surface area contributed by atoms with Gasteiger partial charge in [-0.05, 0) is 77.9 Å². The quantitative estimate of drug-likeness (QED) is 0.242. The molecule has 2 fully saturated rings. The molecule has 8 rings (SSSR count). The van der Waals surface area contributed by atoms with Crippen molar-refractivity contribution in [2.45, 2.75) is 11.4 Å². The summed E-state index contributed by atoms with van der Waals surface area (Å²) in [6.07, 6.45) is 5.04. The third-order valence-corrected chi connectivity index (χ3v) is 10.8. The molecular weight excluding hydrogens is 572 g/mol. The van der Waals surface area contributed by atoms with Crippen LogP contribution < -0.4 is 5.32 Å². The molecule has 0 spiro atoms. The number of nitrogens with zero attached hydrogens (tertiary/aromatic N) is 5. The predicted octanol–water partition coefficient (Wildman–Crippen LogP) is 5.30. The van der Waals surface area contributed by atoms with E-state index in [-0.39, 0.29) is 4.90 Å². The molecule has 0 bridgehead atoms. The lowest BCUT2D eigenvalue weighted by Crippen LogP contribution is -2.25. The number of aliphatic hydroxyl groups is 1. The largest absolute Gasteiger partial charge is 0.396 e. The van der Waals surface area contributed by atoms with Gasteiger partial charge in [-0.3, -0.25) is 9.88 Å². The SMILES string of the molecule is O=S(=O)(c1ccccc1)n1ccc2cc(Nc3ncnc4ccc(-c5ccc(CN6CC7C(CO)C7C6)nc5)cc34)ccc21. The first-order valence-corrected chi connectivity index (χ1v) is 16.1. The molecule has 1 saturated heterocycles. The van der Waals surface area contributed by atoms with Crippen molar-refractivity contribution >= 4 is 43.3 Å². The van der Waals surface area contributed by atoms with Crippen molar-refractivity contribution in [2.75, 3.05) is 25.0 Å². The van der Waals surface area contributed by atoms with Gasteiger partial charge in [0.05, 0.1) is 21.6 Å². The zero-order valence-electron chi connectivity index (χ0n) is 23.8. The number of aliphatic hydroxyl groups excluding tert-OH is 1. The zero-order valence-corrected chi connectivity index (χ0v) is 24.6. The van der Waals surface area contributed by atoms with Crippen molar-refractivity contribution in [2.24, 2.45) is 17.8 Å². The van der Waals surface area contributed by atoms with E-state index in [0.717, 1.165) is 58.4 Å². The van der Waals surface area contributed by atoms with Crippen molar-refractivity contribution in [3.63, 3.8) is 0 Å². The fraction of sp³-hybridized carbons (Fsp3) is 0.206. The summed E-state index contributed by atoms with van der Waals surface area (Å²) in [4.78, 5) is 16.4. The second-order valence-corrected chi connectivity index (χ2v) is 13.5. The molecule has 0 radical (unpaired) electrons. The van der Waals surface area contributed by atoms with Gasteiger partial charge in [-0.1, -0.05) is 30.3 Å². The summed E-state index contributed by atoms with van der Waals surface area (Å²) in [5, 5.41) is 14.5. The lowest BCUT2D eigenvalue weighted by atomic mass is 10.0. The minimum atomic E-state index is -3.71. The van der Waals surface area contributed by atoms with Crippen molar-refractivity contribution in [3.05, 3.63) is 109 Å². The predicted molar refractivity (Wildman–Crippen MR) is 170 cm³/mol. The highest BCUT2D eigenvalue weighted by molar-refractivity contribution is 7.90. The van der Waals surface area contributed by atoms with Crippen LogP contribution in [-0.2, 0) is 16.6 Å². The maximum atomic E-state index is 13.2. The first-order valence-electron chi connectivity index (χ1n) is 14.7. The van der Waals surface area contributed by atoms with Crippen molar-refractivity contribution in [3.8, 4) is 11.1 Å². The van der Waals surface area contributed by atoms with Gasteiger partial charge in [0.2, 0.25) is 0 Å². The summed E-state index contributed by atoms with van der Waals surface area (Å²) in [5.74, 6) is 2.47. The summed E-state index contributed by atoms with van der Waals surface area (Å²) in [6, 6.07) is 26.1. The number of hydrogen-bond acceptors (Lipinski definition) is 8. The summed E-state index contributed by atoms with van der Waals surface area (Å²) in [6.45, 7) is 3.24. The molecule has 9 nitrogen and oxygen atoms in total. The lowest BCUT2D eigenvalue weighted by molar-refractivity contribution is 0.216. The molecule has 2 aliphatic rings. The zero-order chi connectivity index (χ0) is 29.8. The lowest BCUT2D eigenvalue weighted by Gasteiger charge is -2.18. The van der Waals surface area contributed by atoms with E-state index in [2.05, 4.69) is 38.4 Å². The minimum Gasteiger partial charge on any atom is -0.396 e. The molecule has 44 heavy (non-hydrogen) atoms. The van der Waals surface area contributed by atoms with Crippen molar-refractivity contribution < 1.29 is 13.5 Å². The molecule has 220 valence electrons. The van der Waals surface area contributed by atoms with E-state index in [1.54, 1.807) is 48.7 Å². The number of fused-ring (bicyclic) bond motifs is 3. The monoisotopic (exact) mass is 602 g/mol. The number of hydrogen-bond donors (Lipinski definition) is 2. The molecule has 0 amide bonds. The van der Waals surface area contributed by atoms with Crippen LogP contribution in [0.3, 0.4) is 0 Å². The Morgan fingerprint density at radius 3 is 2.45 bits per heavy atom. The highest BCUT2D eigenvalue weighted by Crippen LogP contribution is 2.51. The average molecular weight is 603 g/mol. The molecule has 6 aromatic rings. The topological polar surface area (TPSA) is 113 Å². The van der Waals surface area contributed by atoms with Crippen LogP contribution >= 0.6 is 0 Å². The van der Waals surface area contributed by atoms with Crippen LogP contribution in [0.25, 0.3) is 32.9 Å². The molecule has 2 unspecified atom stereocenters. The molecule has 10 heteroatoms. The van der Waals surface area contributed by atoms with E-state index < -0.39 is 10.0 Å². The summed E-state index contributed by atoms with van der Waals surface area (Å²) in [5.41, 5.74) is 5.27. The highest BCUT2D eigenvalue weighted by atomic mass is 32.2. The molecule has 4 heterocycles. The Balaban J connectivity index is 1.03. The second-order valence-electron chi connectivity index (χ2n) is 11.7. The van der Waals surface area contributed by atoms with Crippen LogP contribution in [0.2, 0.25) is 0 Å². The second kappa shape index (κ2) is 10.5. The van der Waals surface area contributed by atoms with Gasteiger partial charge < -0.3 is 10.4 Å². The van der Waals surface area contributed by atoms with Crippen LogP contribution in [0, 0.1) is 17.8 Å². The maximum absolute atomic E-state index is 13.2. The number of aromatic nitrogens is 4. The summed E-state index contributed by atoms with van der Waals surface area (Å²) < 4.78 is 27.8. The number of piperidine rings is 1. The Bertz CT molecular complexity index is 2100. The molecule has 1 saturated carbocycles. The van der Waals surface area contributed by atoms with Gasteiger partial charge in [0.15, 0.2) is 0 Å². The molecule has 3 aromatic heterocycles. The van der Waals surface area contributed by atoms with Gasteiger partial charge in [0, 0.05) is 60.7 Å². The smallest absolute Gasteiger partial charge is 0.268 e. The van der Waals surface area contributed by atoms with E-state index in [1.165, 1.54) is 10.3 Å². The van der Waals surface area contributed by atoms with Crippen molar-refractivity contribution in [1.82, 2.24) is 23.8 Å². The van der Waals surface area contributed by atoms with Crippen LogP contribution in [0.5, 0.6) is 0 Å². The third kappa shape index (κ3) is 4.71. The van der Waals surface area contributed by atoms with Gasteiger partial charge in [-0.15, -0.1) is 0 Å². The highest BCUT2D eigenvalue weighted by Gasteiger charge is 2.54. The number of benzene rings is 3. The van der Waals surface area contributed by atoms with Gasteiger partial charge in [-0.25, -0.2) is 22.4 Å². The van der Waals surface area contributed by atoms with E-state index >= 15 is 0 Å². The first-order chi connectivity index (χ1) is 21.5. The Labute approximate surface area is 254 Å². The number of likely N-dealkylation sites (tertiary alicyclic amines) is 1. The molecule has 3 aromatic carbocycles. The van der Waals surface area contributed by atoms with E-state index in [1.807, 2.05) is 30.5 Å². The molecule has 1 aliphatic carbocycles. The normalized spacial score (nSPS) is 19.8. The molecular formula is C34H30N6O3S. The maximum Gasteiger partial charge on any atom is 0.268 e. The van der Waals surface area contributed by atoms with E-state index in [9.17, 15) is 13.5 Å². The summed E-state index contributed by atoms with van der Waals surface area (Å²) >= 11 is 0. The van der Waals surface area contributed by atoms with Gasteiger partial charge >= 0.3 is 0 Å². The summed E-state index contributed by atoms with van der Waals surface area (Å²) in [7, 11) is -3.71. The third-order valence-electron chi connectivity index (χ3n) is 9.05. The number of pyridine rings is 1. The fourth-order valence-electron chi connectivity index (χ4n) is 6.64. The van der Waals surface area contributed by atoms with Crippen LogP contribution in [-0.4, -0.2) is 57.0 Å². The minimum absolute atomic E-state index is 0.243. The Morgan fingerprint density at radius 1 is 0.864 bits per heavy atom. The van der Waals surface area contributed by atoms with Crippen molar-refractivity contribution in [1.29, 1.82) is 0 Å². The Kier molecular flexibility index (Phi) is 6.44.